The van der Waals surface area contributed by atoms with Crippen LogP contribution < -0.4 is 0 Å². The van der Waals surface area contributed by atoms with E-state index >= 15 is 0 Å². The molecule has 1 aliphatic rings. The molecular formula is C22H30O8. The van der Waals surface area contributed by atoms with Crippen LogP contribution in [0, 0.1) is 5.92 Å². The van der Waals surface area contributed by atoms with E-state index < -0.39 is 35.9 Å². The molecule has 1 fully saturated rings. The van der Waals surface area contributed by atoms with Crippen LogP contribution in [0.3, 0.4) is 0 Å². The molecule has 1 heterocycles. The second kappa shape index (κ2) is 10.5. The Bertz CT molecular complexity index is 734. The van der Waals surface area contributed by atoms with Crippen molar-refractivity contribution in [2.45, 2.75) is 71.7 Å². The van der Waals surface area contributed by atoms with Crippen molar-refractivity contribution in [3.63, 3.8) is 0 Å². The topological polar surface area (TPSA) is 97.4 Å². The zero-order valence-electron chi connectivity index (χ0n) is 18.1. The third-order valence-corrected chi connectivity index (χ3v) is 4.98. The predicted molar refractivity (Wildman–Crippen MR) is 106 cm³/mol. The first kappa shape index (κ1) is 23.8. The lowest BCUT2D eigenvalue weighted by atomic mass is 9.80. The smallest absolute Gasteiger partial charge is 0.305 e. The summed E-state index contributed by atoms with van der Waals surface area (Å²) in [6.45, 7) is 7.49. The lowest BCUT2D eigenvalue weighted by Crippen LogP contribution is -2.68. The van der Waals surface area contributed by atoms with E-state index in [0.29, 0.717) is 6.42 Å². The average Bonchev–Trinajstić information content (AvgIpc) is 2.67. The van der Waals surface area contributed by atoms with Gasteiger partial charge >= 0.3 is 17.9 Å². The van der Waals surface area contributed by atoms with Crippen molar-refractivity contribution >= 4 is 17.9 Å². The second-order valence-electron chi connectivity index (χ2n) is 7.44. The monoisotopic (exact) mass is 422 g/mol. The number of hydrogen-bond acceptors (Lipinski definition) is 8. The number of hydrogen-bond donors (Lipinski definition) is 0. The maximum Gasteiger partial charge on any atom is 0.305 e. The zero-order valence-corrected chi connectivity index (χ0v) is 18.1. The maximum absolute atomic E-state index is 12.1. The van der Waals surface area contributed by atoms with Crippen molar-refractivity contribution in [2.24, 2.45) is 5.92 Å². The number of rotatable bonds is 8. The molecule has 0 spiro atoms. The standard InChI is InChI=1S/C22H30O8/c1-6-19-14(2)20(27-15(3)23)22(30-17(5)25,21(29-19)28-16(4)24)13-26-12-18-10-8-7-9-11-18/h7-11,14,19-21H,6,12-13H2,1-5H3/t14-,19-,20+,21?,22+/m1/s1. The van der Waals surface area contributed by atoms with Crippen molar-refractivity contribution in [2.75, 3.05) is 6.61 Å². The van der Waals surface area contributed by atoms with Crippen LogP contribution in [-0.4, -0.2) is 48.6 Å². The van der Waals surface area contributed by atoms with Gasteiger partial charge < -0.3 is 23.7 Å². The minimum Gasteiger partial charge on any atom is -0.458 e. The van der Waals surface area contributed by atoms with Crippen LogP contribution in [0.4, 0.5) is 0 Å². The van der Waals surface area contributed by atoms with Crippen molar-refractivity contribution in [3.8, 4) is 0 Å². The Labute approximate surface area is 176 Å². The molecule has 0 aromatic heterocycles. The fourth-order valence-electron chi connectivity index (χ4n) is 3.76. The summed E-state index contributed by atoms with van der Waals surface area (Å²) in [6, 6.07) is 9.42. The van der Waals surface area contributed by atoms with Gasteiger partial charge in [-0.25, -0.2) is 0 Å². The van der Waals surface area contributed by atoms with Crippen LogP contribution in [-0.2, 0) is 44.7 Å². The van der Waals surface area contributed by atoms with Gasteiger partial charge in [0.1, 0.15) is 0 Å². The molecular weight excluding hydrogens is 392 g/mol. The molecule has 0 aliphatic carbocycles. The highest BCUT2D eigenvalue weighted by molar-refractivity contribution is 5.69. The summed E-state index contributed by atoms with van der Waals surface area (Å²) in [6.07, 6.45) is -2.02. The van der Waals surface area contributed by atoms with Crippen LogP contribution in [0.1, 0.15) is 46.6 Å². The maximum atomic E-state index is 12.1. The first-order valence-corrected chi connectivity index (χ1v) is 10.0. The summed E-state index contributed by atoms with van der Waals surface area (Å²) in [4.78, 5) is 35.7. The minimum atomic E-state index is -1.65. The molecule has 0 radical (unpaired) electrons. The Morgan fingerprint density at radius 1 is 1.00 bits per heavy atom. The molecule has 1 aliphatic heterocycles. The van der Waals surface area contributed by atoms with Gasteiger partial charge in [-0.2, -0.15) is 0 Å². The molecule has 8 nitrogen and oxygen atoms in total. The number of carbonyl (C=O) groups excluding carboxylic acids is 3. The molecule has 0 bridgehead atoms. The van der Waals surface area contributed by atoms with Gasteiger partial charge in [-0.15, -0.1) is 0 Å². The van der Waals surface area contributed by atoms with E-state index in [1.165, 1.54) is 20.8 Å². The Morgan fingerprint density at radius 3 is 2.17 bits per heavy atom. The molecule has 166 valence electrons. The van der Waals surface area contributed by atoms with E-state index in [9.17, 15) is 14.4 Å². The Balaban J connectivity index is 2.42. The normalized spacial score (nSPS) is 28.4. The fourth-order valence-corrected chi connectivity index (χ4v) is 3.76. The van der Waals surface area contributed by atoms with E-state index in [2.05, 4.69) is 0 Å². The molecule has 1 unspecified atom stereocenters. The summed E-state index contributed by atoms with van der Waals surface area (Å²) >= 11 is 0. The number of carbonyl (C=O) groups is 3. The predicted octanol–water partition coefficient (Wildman–Crippen LogP) is 2.77. The number of ether oxygens (including phenoxy) is 5. The van der Waals surface area contributed by atoms with E-state index in [1.54, 1.807) is 0 Å². The first-order chi connectivity index (χ1) is 14.2. The molecule has 1 aromatic carbocycles. The van der Waals surface area contributed by atoms with Crippen molar-refractivity contribution < 1.29 is 38.1 Å². The molecule has 5 atom stereocenters. The Hall–Kier alpha value is -2.45. The van der Waals surface area contributed by atoms with E-state index in [0.717, 1.165) is 5.56 Å². The van der Waals surface area contributed by atoms with Crippen molar-refractivity contribution in [3.05, 3.63) is 35.9 Å². The minimum absolute atomic E-state index is 0.196. The highest BCUT2D eigenvalue weighted by Crippen LogP contribution is 2.40. The molecule has 1 saturated heterocycles. The van der Waals surface area contributed by atoms with Gasteiger partial charge in [0.2, 0.25) is 11.9 Å². The lowest BCUT2D eigenvalue weighted by Gasteiger charge is -2.50. The van der Waals surface area contributed by atoms with Gasteiger partial charge in [0.05, 0.1) is 19.3 Å². The molecule has 0 saturated carbocycles. The third kappa shape index (κ3) is 5.79. The first-order valence-electron chi connectivity index (χ1n) is 10.0. The summed E-state index contributed by atoms with van der Waals surface area (Å²) < 4.78 is 28.5. The SMILES string of the molecule is CC[C@H]1OC(OC(C)=O)[C@@](COCc2ccccc2)(OC(C)=O)[C@@H](OC(C)=O)[C@@H]1C. The van der Waals surface area contributed by atoms with Crippen molar-refractivity contribution in [1.29, 1.82) is 0 Å². The largest absolute Gasteiger partial charge is 0.458 e. The van der Waals surface area contributed by atoms with Crippen LogP contribution in [0.2, 0.25) is 0 Å². The molecule has 1 aromatic rings. The highest BCUT2D eigenvalue weighted by Gasteiger charge is 2.61. The summed E-state index contributed by atoms with van der Waals surface area (Å²) in [5.74, 6) is -2.15. The summed E-state index contributed by atoms with van der Waals surface area (Å²) in [5.41, 5.74) is -0.747. The van der Waals surface area contributed by atoms with Crippen LogP contribution in [0.25, 0.3) is 0 Å². The Kier molecular flexibility index (Phi) is 8.37. The van der Waals surface area contributed by atoms with Crippen LogP contribution in [0.5, 0.6) is 0 Å². The average molecular weight is 422 g/mol. The zero-order chi connectivity index (χ0) is 22.3. The molecule has 0 amide bonds. The lowest BCUT2D eigenvalue weighted by molar-refractivity contribution is -0.331. The van der Waals surface area contributed by atoms with E-state index in [1.807, 2.05) is 44.2 Å². The van der Waals surface area contributed by atoms with Gasteiger partial charge in [-0.3, -0.25) is 14.4 Å². The molecule has 2 rings (SSSR count). The van der Waals surface area contributed by atoms with Crippen LogP contribution in [0.15, 0.2) is 30.3 Å². The highest BCUT2D eigenvalue weighted by atomic mass is 16.7. The third-order valence-electron chi connectivity index (χ3n) is 4.98. The van der Waals surface area contributed by atoms with Gasteiger partial charge in [-0.1, -0.05) is 44.2 Å². The van der Waals surface area contributed by atoms with Crippen LogP contribution >= 0.6 is 0 Å². The Morgan fingerprint density at radius 2 is 1.63 bits per heavy atom. The van der Waals surface area contributed by atoms with Crippen molar-refractivity contribution in [1.82, 2.24) is 0 Å². The van der Waals surface area contributed by atoms with E-state index in [-0.39, 0.29) is 25.2 Å². The quantitative estimate of drug-likeness (QED) is 0.466. The van der Waals surface area contributed by atoms with Gasteiger partial charge in [0, 0.05) is 26.7 Å². The van der Waals surface area contributed by atoms with Gasteiger partial charge in [0.25, 0.3) is 0 Å². The van der Waals surface area contributed by atoms with E-state index in [4.69, 9.17) is 23.7 Å². The second-order valence-corrected chi connectivity index (χ2v) is 7.44. The summed E-state index contributed by atoms with van der Waals surface area (Å²) in [7, 11) is 0. The molecule has 30 heavy (non-hydrogen) atoms. The van der Waals surface area contributed by atoms with Gasteiger partial charge in [-0.05, 0) is 12.0 Å². The van der Waals surface area contributed by atoms with Gasteiger partial charge in [0.15, 0.2) is 6.10 Å². The fraction of sp³-hybridized carbons (Fsp3) is 0.591. The number of benzene rings is 1. The molecule has 0 N–H and O–H groups in total. The number of esters is 3. The summed E-state index contributed by atoms with van der Waals surface area (Å²) in [5, 5.41) is 0. The molecule has 8 heteroatoms.